The molecule has 9 heteroatoms. The standard InChI is InChI=1S/C19H35N3O6/c1-10-11(2)13(15(24)27-9)21-16(25)19(7,8)22-14(23)12(3)20-17(26)28-18(4,5)6/h11-13H,10H2,1-9H3,(H,20,26)(H,21,25)(H,22,23)/t11-,12-,13-/m0/s1. The Labute approximate surface area is 167 Å². The Morgan fingerprint density at radius 3 is 1.93 bits per heavy atom. The third kappa shape index (κ3) is 8.58. The quantitative estimate of drug-likeness (QED) is 0.530. The average Bonchev–Trinajstić information content (AvgIpc) is 2.55. The van der Waals surface area contributed by atoms with Crippen LogP contribution in [0.3, 0.4) is 0 Å². The first-order chi connectivity index (χ1) is 12.6. The Balaban J connectivity index is 4.99. The summed E-state index contributed by atoms with van der Waals surface area (Å²) in [6.07, 6.45) is -0.0797. The van der Waals surface area contributed by atoms with Gasteiger partial charge in [-0.15, -0.1) is 0 Å². The predicted molar refractivity (Wildman–Crippen MR) is 104 cm³/mol. The fourth-order valence-electron chi connectivity index (χ4n) is 2.14. The second kappa shape index (κ2) is 10.3. The molecule has 0 saturated carbocycles. The molecule has 0 saturated heterocycles. The molecule has 162 valence electrons. The van der Waals surface area contributed by atoms with E-state index >= 15 is 0 Å². The lowest BCUT2D eigenvalue weighted by atomic mass is 9.96. The largest absolute Gasteiger partial charge is 0.467 e. The average molecular weight is 402 g/mol. The summed E-state index contributed by atoms with van der Waals surface area (Å²) < 4.78 is 9.85. The van der Waals surface area contributed by atoms with Gasteiger partial charge in [0.1, 0.15) is 23.2 Å². The zero-order valence-electron chi connectivity index (χ0n) is 18.4. The summed E-state index contributed by atoms with van der Waals surface area (Å²) >= 11 is 0. The highest BCUT2D eigenvalue weighted by molar-refractivity contribution is 5.95. The number of alkyl carbamates (subject to hydrolysis) is 1. The summed E-state index contributed by atoms with van der Waals surface area (Å²) in [5.74, 6) is -1.80. The van der Waals surface area contributed by atoms with Gasteiger partial charge < -0.3 is 25.4 Å². The molecule has 0 heterocycles. The van der Waals surface area contributed by atoms with E-state index in [1.807, 2.05) is 13.8 Å². The minimum Gasteiger partial charge on any atom is -0.467 e. The smallest absolute Gasteiger partial charge is 0.408 e. The van der Waals surface area contributed by atoms with E-state index in [2.05, 4.69) is 16.0 Å². The van der Waals surface area contributed by atoms with E-state index < -0.39 is 47.1 Å². The van der Waals surface area contributed by atoms with Gasteiger partial charge in [-0.2, -0.15) is 0 Å². The molecule has 0 unspecified atom stereocenters. The number of ether oxygens (including phenoxy) is 2. The van der Waals surface area contributed by atoms with Gasteiger partial charge in [-0.3, -0.25) is 9.59 Å². The van der Waals surface area contributed by atoms with Crippen molar-refractivity contribution < 1.29 is 28.7 Å². The molecule has 0 fully saturated rings. The number of esters is 1. The van der Waals surface area contributed by atoms with Gasteiger partial charge in [0.2, 0.25) is 11.8 Å². The molecule has 0 aromatic rings. The van der Waals surface area contributed by atoms with Crippen molar-refractivity contribution in [1.82, 2.24) is 16.0 Å². The fourth-order valence-corrected chi connectivity index (χ4v) is 2.14. The van der Waals surface area contributed by atoms with Gasteiger partial charge in [-0.25, -0.2) is 9.59 Å². The Morgan fingerprint density at radius 2 is 1.50 bits per heavy atom. The van der Waals surface area contributed by atoms with Crippen molar-refractivity contribution in [2.24, 2.45) is 5.92 Å². The number of rotatable bonds is 8. The normalized spacial score (nSPS) is 14.9. The van der Waals surface area contributed by atoms with Crippen LogP contribution in [-0.2, 0) is 23.9 Å². The van der Waals surface area contributed by atoms with E-state index in [0.29, 0.717) is 6.42 Å². The van der Waals surface area contributed by atoms with Crippen molar-refractivity contribution >= 4 is 23.9 Å². The second-order valence-electron chi connectivity index (χ2n) is 8.34. The molecule has 0 radical (unpaired) electrons. The van der Waals surface area contributed by atoms with Crippen molar-refractivity contribution in [3.63, 3.8) is 0 Å². The minimum absolute atomic E-state index is 0.143. The number of methoxy groups -OCH3 is 1. The monoisotopic (exact) mass is 401 g/mol. The molecule has 9 nitrogen and oxygen atoms in total. The molecule has 0 aliphatic carbocycles. The molecule has 0 aromatic carbocycles. The van der Waals surface area contributed by atoms with Gasteiger partial charge in [0.05, 0.1) is 7.11 Å². The van der Waals surface area contributed by atoms with E-state index in [4.69, 9.17) is 9.47 Å². The SMILES string of the molecule is CC[C@H](C)[C@H](NC(=O)C(C)(C)NC(=O)[C@H](C)NC(=O)OC(C)(C)C)C(=O)OC. The zero-order chi connectivity index (χ0) is 22.3. The summed E-state index contributed by atoms with van der Waals surface area (Å²) in [6.45, 7) is 13.3. The highest BCUT2D eigenvalue weighted by Gasteiger charge is 2.36. The highest BCUT2D eigenvalue weighted by atomic mass is 16.6. The second-order valence-corrected chi connectivity index (χ2v) is 8.34. The number of amides is 3. The summed E-state index contributed by atoms with van der Waals surface area (Å²) in [6, 6.07) is -1.75. The topological polar surface area (TPSA) is 123 Å². The van der Waals surface area contributed by atoms with E-state index in [1.165, 1.54) is 27.9 Å². The molecule has 3 N–H and O–H groups in total. The van der Waals surface area contributed by atoms with Crippen molar-refractivity contribution in [3.05, 3.63) is 0 Å². The number of hydrogen-bond acceptors (Lipinski definition) is 6. The molecule has 28 heavy (non-hydrogen) atoms. The van der Waals surface area contributed by atoms with Crippen LogP contribution in [-0.4, -0.2) is 54.2 Å². The summed E-state index contributed by atoms with van der Waals surface area (Å²) in [7, 11) is 1.25. The number of carbonyl (C=O) groups is 4. The Kier molecular flexibility index (Phi) is 9.43. The molecular formula is C19H35N3O6. The Bertz CT molecular complexity index is 583. The van der Waals surface area contributed by atoms with Crippen molar-refractivity contribution in [1.29, 1.82) is 0 Å². The Morgan fingerprint density at radius 1 is 0.964 bits per heavy atom. The van der Waals surface area contributed by atoms with Crippen molar-refractivity contribution in [2.75, 3.05) is 7.11 Å². The minimum atomic E-state index is -1.32. The molecule has 0 aliphatic heterocycles. The lowest BCUT2D eigenvalue weighted by Crippen LogP contribution is -2.61. The molecule has 0 spiro atoms. The van der Waals surface area contributed by atoms with Crippen LogP contribution >= 0.6 is 0 Å². The van der Waals surface area contributed by atoms with Gasteiger partial charge in [0.15, 0.2) is 0 Å². The van der Waals surface area contributed by atoms with Gasteiger partial charge in [0, 0.05) is 0 Å². The number of nitrogens with one attached hydrogen (secondary N) is 3. The maximum absolute atomic E-state index is 12.6. The van der Waals surface area contributed by atoms with Gasteiger partial charge >= 0.3 is 12.1 Å². The van der Waals surface area contributed by atoms with Crippen molar-refractivity contribution in [2.45, 2.75) is 85.0 Å². The number of hydrogen-bond donors (Lipinski definition) is 3. The predicted octanol–water partition coefficient (Wildman–Crippen LogP) is 1.50. The van der Waals surface area contributed by atoms with Crippen LogP contribution in [0.4, 0.5) is 4.79 Å². The molecular weight excluding hydrogens is 366 g/mol. The lowest BCUT2D eigenvalue weighted by molar-refractivity contribution is -0.147. The molecule has 0 aliphatic rings. The van der Waals surface area contributed by atoms with Crippen LogP contribution in [0.25, 0.3) is 0 Å². The lowest BCUT2D eigenvalue weighted by Gasteiger charge is -2.30. The maximum atomic E-state index is 12.6. The molecule has 0 aromatic heterocycles. The van der Waals surface area contributed by atoms with E-state index in [1.54, 1.807) is 20.8 Å². The van der Waals surface area contributed by atoms with Crippen LogP contribution in [0, 0.1) is 5.92 Å². The maximum Gasteiger partial charge on any atom is 0.408 e. The third-order valence-corrected chi connectivity index (χ3v) is 4.08. The Hall–Kier alpha value is -2.32. The molecule has 0 rings (SSSR count). The highest BCUT2D eigenvalue weighted by Crippen LogP contribution is 2.12. The molecule has 3 amide bonds. The molecule has 3 atom stereocenters. The van der Waals surface area contributed by atoms with Crippen LogP contribution < -0.4 is 16.0 Å². The van der Waals surface area contributed by atoms with Crippen LogP contribution in [0.5, 0.6) is 0 Å². The van der Waals surface area contributed by atoms with Gasteiger partial charge in [-0.1, -0.05) is 20.3 Å². The van der Waals surface area contributed by atoms with Crippen LogP contribution in [0.1, 0.15) is 61.8 Å². The third-order valence-electron chi connectivity index (χ3n) is 4.08. The van der Waals surface area contributed by atoms with Gasteiger partial charge in [0.25, 0.3) is 0 Å². The fraction of sp³-hybridized carbons (Fsp3) is 0.789. The van der Waals surface area contributed by atoms with Gasteiger partial charge in [-0.05, 0) is 47.5 Å². The van der Waals surface area contributed by atoms with Crippen LogP contribution in [0.15, 0.2) is 0 Å². The summed E-state index contributed by atoms with van der Waals surface area (Å²) in [5, 5.41) is 7.62. The first-order valence-corrected chi connectivity index (χ1v) is 9.35. The summed E-state index contributed by atoms with van der Waals surface area (Å²) in [4.78, 5) is 48.8. The first kappa shape index (κ1) is 25.7. The van der Waals surface area contributed by atoms with E-state index in [0.717, 1.165) is 0 Å². The summed E-state index contributed by atoms with van der Waals surface area (Å²) in [5.41, 5.74) is -2.01. The van der Waals surface area contributed by atoms with E-state index in [9.17, 15) is 19.2 Å². The first-order valence-electron chi connectivity index (χ1n) is 9.35. The molecule has 0 bridgehead atoms. The van der Waals surface area contributed by atoms with Crippen molar-refractivity contribution in [3.8, 4) is 0 Å². The van der Waals surface area contributed by atoms with E-state index in [-0.39, 0.29) is 5.92 Å². The number of carbonyl (C=O) groups excluding carboxylic acids is 4. The van der Waals surface area contributed by atoms with Crippen LogP contribution in [0.2, 0.25) is 0 Å². The zero-order valence-corrected chi connectivity index (χ0v) is 18.4.